The number of ether oxygens (including phenoxy) is 2. The molecule has 1 aromatic carbocycles. The molecule has 0 unspecified atom stereocenters. The van der Waals surface area contributed by atoms with Gasteiger partial charge in [-0.05, 0) is 48.6 Å². The topological polar surface area (TPSA) is 72.9 Å². The van der Waals surface area contributed by atoms with Crippen LogP contribution in [0.5, 0.6) is 5.75 Å². The Bertz CT molecular complexity index is 1190. The molecule has 34 heavy (non-hydrogen) atoms. The summed E-state index contributed by atoms with van der Waals surface area (Å²) in [5, 5.41) is 0. The van der Waals surface area contributed by atoms with E-state index in [1.54, 1.807) is 31.2 Å². The van der Waals surface area contributed by atoms with Crippen molar-refractivity contribution in [3.8, 4) is 16.9 Å². The molecule has 0 saturated carbocycles. The van der Waals surface area contributed by atoms with Gasteiger partial charge in [0.15, 0.2) is 5.75 Å². The number of fused-ring (bicyclic) bond motifs is 2. The highest BCUT2D eigenvalue weighted by molar-refractivity contribution is 7.79. The van der Waals surface area contributed by atoms with Crippen LogP contribution < -0.4 is 9.64 Å². The molecule has 2 amide bonds. The Morgan fingerprint density at radius 1 is 0.882 bits per heavy atom. The molecule has 7 heteroatoms. The van der Waals surface area contributed by atoms with Gasteiger partial charge < -0.3 is 9.47 Å². The number of hydrogen-bond donors (Lipinski definition) is 1. The molecule has 0 spiro atoms. The van der Waals surface area contributed by atoms with Crippen LogP contribution in [0.1, 0.15) is 65.0 Å². The zero-order valence-electron chi connectivity index (χ0n) is 19.3. The Morgan fingerprint density at radius 2 is 1.53 bits per heavy atom. The third-order valence-electron chi connectivity index (χ3n) is 5.97. The number of rotatable bonds is 8. The summed E-state index contributed by atoms with van der Waals surface area (Å²) in [6, 6.07) is 14.4. The van der Waals surface area contributed by atoms with Crippen molar-refractivity contribution in [2.45, 2.75) is 45.3 Å². The maximum Gasteiger partial charge on any atom is 0.513 e. The van der Waals surface area contributed by atoms with Gasteiger partial charge in [0.2, 0.25) is 0 Å². The minimum absolute atomic E-state index is 0.140. The average Bonchev–Trinajstić information content (AvgIpc) is 3.13. The van der Waals surface area contributed by atoms with Crippen LogP contribution in [0.15, 0.2) is 48.5 Å². The number of amides is 2. The summed E-state index contributed by atoms with van der Waals surface area (Å²) in [4.78, 5) is 40.4. The van der Waals surface area contributed by atoms with Gasteiger partial charge in [0.25, 0.3) is 11.8 Å². The Morgan fingerprint density at radius 3 is 2.12 bits per heavy atom. The zero-order valence-corrected chi connectivity index (χ0v) is 20.2. The number of unbranched alkanes of at least 4 members (excludes halogenated alkanes) is 2. The summed E-state index contributed by atoms with van der Waals surface area (Å²) in [7, 11) is 0. The van der Waals surface area contributed by atoms with E-state index in [1.165, 1.54) is 0 Å². The van der Waals surface area contributed by atoms with E-state index in [0.29, 0.717) is 34.6 Å². The molecule has 0 atom stereocenters. The van der Waals surface area contributed by atoms with Crippen LogP contribution >= 0.6 is 12.6 Å². The minimum Gasteiger partial charge on any atom is -0.434 e. The molecule has 6 nitrogen and oxygen atoms in total. The summed E-state index contributed by atoms with van der Waals surface area (Å²) in [5.41, 5.74) is 4.25. The van der Waals surface area contributed by atoms with E-state index in [4.69, 9.17) is 9.47 Å². The second-order valence-corrected chi connectivity index (χ2v) is 8.43. The molecular weight excluding hydrogens is 450 g/mol. The molecule has 0 aromatic heterocycles. The second kappa shape index (κ2) is 10.3. The lowest BCUT2D eigenvalue weighted by molar-refractivity contribution is 0.0915. The van der Waals surface area contributed by atoms with Gasteiger partial charge in [-0.25, -0.2) is 9.69 Å². The quantitative estimate of drug-likeness (QED) is 0.179. The van der Waals surface area contributed by atoms with Gasteiger partial charge in [0, 0.05) is 11.3 Å². The first kappa shape index (κ1) is 23.8. The first-order valence-electron chi connectivity index (χ1n) is 11.5. The molecule has 0 saturated heterocycles. The fourth-order valence-electron chi connectivity index (χ4n) is 4.34. The number of benzene rings is 1. The van der Waals surface area contributed by atoms with Crippen LogP contribution in [-0.4, -0.2) is 24.6 Å². The lowest BCUT2D eigenvalue weighted by Gasteiger charge is -2.17. The first-order chi connectivity index (χ1) is 16.5. The summed E-state index contributed by atoms with van der Waals surface area (Å²) in [6.07, 6.45) is 2.61. The minimum atomic E-state index is -0.881. The summed E-state index contributed by atoms with van der Waals surface area (Å²) in [5.74, 6) is -0.152. The third kappa shape index (κ3) is 4.28. The number of hydrogen-bond acceptors (Lipinski definition) is 6. The van der Waals surface area contributed by atoms with Gasteiger partial charge in [0.1, 0.15) is 0 Å². The van der Waals surface area contributed by atoms with Crippen molar-refractivity contribution in [1.29, 1.82) is 0 Å². The van der Waals surface area contributed by atoms with E-state index in [0.717, 1.165) is 40.9 Å². The molecule has 4 rings (SSSR count). The summed E-state index contributed by atoms with van der Waals surface area (Å²) < 4.78 is 10.7. The molecule has 0 fully saturated rings. The Balaban J connectivity index is 1.96. The monoisotopic (exact) mass is 477 g/mol. The number of nitrogens with zero attached hydrogens (tertiary/aromatic N) is 1. The number of thiol groups is 1. The molecule has 1 aromatic rings. The van der Waals surface area contributed by atoms with E-state index in [1.807, 2.05) is 24.3 Å². The van der Waals surface area contributed by atoms with E-state index in [9.17, 15) is 14.4 Å². The third-order valence-corrected chi connectivity index (χ3v) is 6.33. The van der Waals surface area contributed by atoms with Crippen LogP contribution in [-0.2, 0) is 16.9 Å². The highest BCUT2D eigenvalue weighted by Gasteiger charge is 2.42. The highest BCUT2D eigenvalue weighted by Crippen LogP contribution is 2.50. The predicted octanol–water partition coefficient (Wildman–Crippen LogP) is 6.29. The van der Waals surface area contributed by atoms with E-state index in [2.05, 4.69) is 19.6 Å². The van der Waals surface area contributed by atoms with Gasteiger partial charge in [0.05, 0.1) is 23.4 Å². The molecule has 1 heterocycles. The molecular formula is C27H27NO5S. The van der Waals surface area contributed by atoms with Gasteiger partial charge in [-0.1, -0.05) is 56.2 Å². The standard InChI is InChI=1S/C27H27NO5S/c1-3-5-6-9-19-18-14-12-17(16-34)13-15-20(18)24(33-27(31)32-4-2)23(19)28-25(29)21-10-7-8-11-22(21)26(28)30/h7-8,10-15,34H,3-6,9,16H2,1-2H3. The largest absolute Gasteiger partial charge is 0.513 e. The zero-order chi connectivity index (χ0) is 24.2. The number of carbonyl (C=O) groups is 3. The Labute approximate surface area is 204 Å². The molecule has 0 N–H and O–H groups in total. The smallest absolute Gasteiger partial charge is 0.434 e. The first-order valence-corrected chi connectivity index (χ1v) is 12.2. The molecule has 1 aliphatic heterocycles. The molecule has 0 radical (unpaired) electrons. The SMILES string of the molecule is CCCCCc1c2ccc(CS)ccc-2c(OC(=O)OCC)c1N1C(=O)c2ccccc2C1=O. The van der Waals surface area contributed by atoms with Crippen LogP contribution in [0.2, 0.25) is 0 Å². The average molecular weight is 478 g/mol. The van der Waals surface area contributed by atoms with Gasteiger partial charge in [-0.15, -0.1) is 0 Å². The van der Waals surface area contributed by atoms with Crippen LogP contribution in [0.3, 0.4) is 0 Å². The van der Waals surface area contributed by atoms with Crippen molar-refractivity contribution in [3.05, 3.63) is 70.8 Å². The fraction of sp³-hybridized carbons (Fsp3) is 0.296. The highest BCUT2D eigenvalue weighted by atomic mass is 32.1. The lowest BCUT2D eigenvalue weighted by Crippen LogP contribution is -2.30. The second-order valence-electron chi connectivity index (χ2n) is 8.12. The number of imide groups is 1. The molecule has 0 bridgehead atoms. The van der Waals surface area contributed by atoms with Crippen molar-refractivity contribution in [3.63, 3.8) is 0 Å². The maximum absolute atomic E-state index is 13.4. The van der Waals surface area contributed by atoms with Crippen LogP contribution in [0, 0.1) is 0 Å². The van der Waals surface area contributed by atoms with Gasteiger partial charge in [-0.2, -0.15) is 12.6 Å². The van der Waals surface area contributed by atoms with Gasteiger partial charge in [-0.3, -0.25) is 9.59 Å². The molecule has 2 aliphatic carbocycles. The Kier molecular flexibility index (Phi) is 7.22. The normalized spacial score (nSPS) is 12.9. The number of anilines is 1. The van der Waals surface area contributed by atoms with Crippen molar-refractivity contribution in [1.82, 2.24) is 0 Å². The Hall–Kier alpha value is -3.32. The van der Waals surface area contributed by atoms with Gasteiger partial charge >= 0.3 is 6.16 Å². The van der Waals surface area contributed by atoms with Crippen molar-refractivity contribution in [2.75, 3.05) is 11.5 Å². The fourth-order valence-corrected chi connectivity index (χ4v) is 4.55. The lowest BCUT2D eigenvalue weighted by atomic mass is 10.0. The van der Waals surface area contributed by atoms with Crippen molar-refractivity contribution in [2.24, 2.45) is 0 Å². The molecule has 176 valence electrons. The summed E-state index contributed by atoms with van der Waals surface area (Å²) >= 11 is 4.38. The predicted molar refractivity (Wildman–Crippen MR) is 134 cm³/mol. The van der Waals surface area contributed by atoms with Crippen molar-refractivity contribution < 1.29 is 23.9 Å². The van der Waals surface area contributed by atoms with Crippen molar-refractivity contribution >= 4 is 36.3 Å². The number of carbonyl (C=O) groups excluding carboxylic acids is 3. The van der Waals surface area contributed by atoms with E-state index in [-0.39, 0.29) is 12.4 Å². The van der Waals surface area contributed by atoms with Crippen LogP contribution in [0.4, 0.5) is 10.5 Å². The maximum atomic E-state index is 13.4. The van der Waals surface area contributed by atoms with E-state index >= 15 is 0 Å². The summed E-state index contributed by atoms with van der Waals surface area (Å²) in [6.45, 7) is 3.94. The molecule has 3 aliphatic rings. The van der Waals surface area contributed by atoms with Crippen LogP contribution in [0.25, 0.3) is 11.1 Å². The van der Waals surface area contributed by atoms with E-state index < -0.39 is 18.0 Å².